The van der Waals surface area contributed by atoms with Gasteiger partial charge in [-0.2, -0.15) is 4.31 Å². The van der Waals surface area contributed by atoms with Gasteiger partial charge in [-0.1, -0.05) is 6.92 Å². The number of sulfonamides is 1. The van der Waals surface area contributed by atoms with Crippen LogP contribution in [0.2, 0.25) is 0 Å². The Morgan fingerprint density at radius 3 is 2.76 bits per heavy atom. The summed E-state index contributed by atoms with van der Waals surface area (Å²) in [5, 5.41) is 0.353. The third kappa shape index (κ3) is 3.32. The fourth-order valence-corrected chi connectivity index (χ4v) is 4.66. The molecule has 0 bridgehead atoms. The highest BCUT2D eigenvalue weighted by atomic mass is 32.2. The number of hydrogen-bond acceptors (Lipinski definition) is 6. The molecule has 0 saturated carbocycles. The molecule has 2 aromatic rings. The average Bonchev–Trinajstić information content (AvgIpc) is 2.60. The van der Waals surface area contributed by atoms with Gasteiger partial charge in [0.2, 0.25) is 10.0 Å². The van der Waals surface area contributed by atoms with Crippen LogP contribution in [0.25, 0.3) is 11.0 Å². The molecule has 134 valence electrons. The van der Waals surface area contributed by atoms with Crippen molar-refractivity contribution in [2.45, 2.75) is 24.7 Å². The number of ether oxygens (including phenoxy) is 1. The van der Waals surface area contributed by atoms with Crippen molar-refractivity contribution in [3.8, 4) is 0 Å². The van der Waals surface area contributed by atoms with Crippen molar-refractivity contribution in [2.24, 2.45) is 5.92 Å². The highest BCUT2D eigenvalue weighted by molar-refractivity contribution is 7.89. The minimum absolute atomic E-state index is 0.212. The maximum atomic E-state index is 12.8. The zero-order chi connectivity index (χ0) is 18.2. The van der Waals surface area contributed by atoms with Gasteiger partial charge in [0.25, 0.3) is 0 Å². The molecular weight excluding hydrogens is 346 g/mol. The molecule has 0 radical (unpaired) electrons. The molecule has 8 heteroatoms. The van der Waals surface area contributed by atoms with Gasteiger partial charge in [0.05, 0.1) is 12.7 Å². The number of rotatable bonds is 3. The summed E-state index contributed by atoms with van der Waals surface area (Å²) in [6.45, 7) is 2.74. The summed E-state index contributed by atoms with van der Waals surface area (Å²) in [6.07, 6.45) is 1.71. The van der Waals surface area contributed by atoms with Crippen LogP contribution in [0, 0.1) is 5.92 Å². The van der Waals surface area contributed by atoms with E-state index in [1.165, 1.54) is 35.7 Å². The first-order valence-corrected chi connectivity index (χ1v) is 9.43. The number of carbonyl (C=O) groups is 1. The van der Waals surface area contributed by atoms with Crippen molar-refractivity contribution in [3.05, 3.63) is 40.2 Å². The first-order valence-electron chi connectivity index (χ1n) is 7.99. The van der Waals surface area contributed by atoms with Crippen molar-refractivity contribution in [1.29, 1.82) is 0 Å². The summed E-state index contributed by atoms with van der Waals surface area (Å²) >= 11 is 0. The molecule has 1 unspecified atom stereocenters. The average molecular weight is 365 g/mol. The fourth-order valence-electron chi connectivity index (χ4n) is 3.03. The Morgan fingerprint density at radius 2 is 2.08 bits per heavy atom. The van der Waals surface area contributed by atoms with Crippen molar-refractivity contribution < 1.29 is 22.4 Å². The van der Waals surface area contributed by atoms with Crippen LogP contribution in [0.1, 0.15) is 30.1 Å². The summed E-state index contributed by atoms with van der Waals surface area (Å²) in [7, 11) is -2.69. The summed E-state index contributed by atoms with van der Waals surface area (Å²) in [6, 6.07) is 5.62. The van der Waals surface area contributed by atoms with E-state index in [9.17, 15) is 18.0 Å². The Hall–Kier alpha value is -2.19. The van der Waals surface area contributed by atoms with Crippen LogP contribution in [-0.2, 0) is 14.8 Å². The molecule has 0 N–H and O–H groups in total. The van der Waals surface area contributed by atoms with Gasteiger partial charge in [0, 0.05) is 18.5 Å². The second kappa shape index (κ2) is 6.61. The molecule has 1 aromatic carbocycles. The Labute approximate surface area is 145 Å². The molecule has 1 aliphatic heterocycles. The number of benzene rings is 1. The molecule has 0 amide bonds. The predicted molar refractivity (Wildman–Crippen MR) is 91.0 cm³/mol. The Bertz CT molecular complexity index is 978. The largest absolute Gasteiger partial charge is 0.465 e. The van der Waals surface area contributed by atoms with Gasteiger partial charge in [-0.05, 0) is 43.0 Å². The summed E-state index contributed by atoms with van der Waals surface area (Å²) in [5.41, 5.74) is -0.445. The van der Waals surface area contributed by atoms with Gasteiger partial charge in [0.15, 0.2) is 4.90 Å². The van der Waals surface area contributed by atoms with E-state index in [-0.39, 0.29) is 17.1 Å². The van der Waals surface area contributed by atoms with E-state index < -0.39 is 26.5 Å². The first-order chi connectivity index (χ1) is 11.8. The number of hydrogen-bond donors (Lipinski definition) is 0. The smallest absolute Gasteiger partial charge is 0.356 e. The standard InChI is InChI=1S/C17H19NO6S/c1-11-4-3-7-18(10-11)25(21,22)15-9-13-8-12(16(19)23-2)5-6-14(13)24-17(15)20/h5-6,8-9,11H,3-4,7,10H2,1-2H3. The van der Waals surface area contributed by atoms with E-state index >= 15 is 0 Å². The van der Waals surface area contributed by atoms with Gasteiger partial charge in [-0.3, -0.25) is 0 Å². The van der Waals surface area contributed by atoms with E-state index in [1.807, 2.05) is 6.92 Å². The van der Waals surface area contributed by atoms with Gasteiger partial charge in [-0.25, -0.2) is 18.0 Å². The molecule has 2 heterocycles. The van der Waals surface area contributed by atoms with Crippen LogP contribution in [0.15, 0.2) is 38.4 Å². The van der Waals surface area contributed by atoms with E-state index in [1.54, 1.807) is 0 Å². The second-order valence-corrected chi connectivity index (χ2v) is 8.16. The molecule has 1 fully saturated rings. The van der Waals surface area contributed by atoms with Crippen molar-refractivity contribution in [3.63, 3.8) is 0 Å². The Kier molecular flexibility index (Phi) is 4.66. The maximum absolute atomic E-state index is 12.8. The molecule has 0 aliphatic carbocycles. The highest BCUT2D eigenvalue weighted by Crippen LogP contribution is 2.24. The number of methoxy groups -OCH3 is 1. The van der Waals surface area contributed by atoms with Crippen molar-refractivity contribution >= 4 is 27.0 Å². The van der Waals surface area contributed by atoms with Gasteiger partial charge < -0.3 is 9.15 Å². The SMILES string of the molecule is COC(=O)c1ccc2oc(=O)c(S(=O)(=O)N3CCCC(C)C3)cc2c1. The van der Waals surface area contributed by atoms with Crippen LogP contribution >= 0.6 is 0 Å². The zero-order valence-electron chi connectivity index (χ0n) is 14.0. The molecular formula is C17H19NO6S. The van der Waals surface area contributed by atoms with Crippen LogP contribution in [-0.4, -0.2) is 38.9 Å². The molecule has 1 aromatic heterocycles. The number of carbonyl (C=O) groups excluding carboxylic acids is 1. The third-order valence-corrected chi connectivity index (χ3v) is 6.21. The normalized spacial score (nSPS) is 19.0. The van der Waals surface area contributed by atoms with Crippen LogP contribution < -0.4 is 5.63 Å². The molecule has 1 saturated heterocycles. The van der Waals surface area contributed by atoms with Gasteiger partial charge in [-0.15, -0.1) is 0 Å². The Morgan fingerprint density at radius 1 is 1.32 bits per heavy atom. The van der Waals surface area contributed by atoms with E-state index in [2.05, 4.69) is 4.74 Å². The van der Waals surface area contributed by atoms with E-state index in [0.29, 0.717) is 18.5 Å². The molecule has 1 aliphatic rings. The quantitative estimate of drug-likeness (QED) is 0.610. The monoisotopic (exact) mass is 365 g/mol. The lowest BCUT2D eigenvalue weighted by molar-refractivity contribution is 0.0601. The second-order valence-electron chi connectivity index (χ2n) is 6.25. The zero-order valence-corrected chi connectivity index (χ0v) is 14.8. The lowest BCUT2D eigenvalue weighted by atomic mass is 10.0. The Balaban J connectivity index is 2.10. The van der Waals surface area contributed by atoms with Gasteiger partial charge in [0.1, 0.15) is 5.58 Å². The predicted octanol–water partition coefficient (Wildman–Crippen LogP) is 2.00. The fraction of sp³-hybridized carbons (Fsp3) is 0.412. The minimum Gasteiger partial charge on any atom is -0.465 e. The van der Waals surface area contributed by atoms with Crippen molar-refractivity contribution in [1.82, 2.24) is 4.31 Å². The van der Waals surface area contributed by atoms with Crippen LogP contribution in [0.5, 0.6) is 0 Å². The van der Waals surface area contributed by atoms with Crippen LogP contribution in [0.3, 0.4) is 0 Å². The molecule has 25 heavy (non-hydrogen) atoms. The number of piperidine rings is 1. The van der Waals surface area contributed by atoms with Gasteiger partial charge >= 0.3 is 11.6 Å². The first kappa shape index (κ1) is 17.6. The number of fused-ring (bicyclic) bond motifs is 1. The number of esters is 1. The summed E-state index contributed by atoms with van der Waals surface area (Å²) in [5.74, 6) is -0.315. The molecule has 1 atom stereocenters. The summed E-state index contributed by atoms with van der Waals surface area (Å²) in [4.78, 5) is 23.5. The lowest BCUT2D eigenvalue weighted by Gasteiger charge is -2.29. The maximum Gasteiger partial charge on any atom is 0.356 e. The minimum atomic E-state index is -3.94. The summed E-state index contributed by atoms with van der Waals surface area (Å²) < 4.78 is 36.8. The van der Waals surface area contributed by atoms with Crippen molar-refractivity contribution in [2.75, 3.05) is 20.2 Å². The molecule has 0 spiro atoms. The number of nitrogens with zero attached hydrogens (tertiary/aromatic N) is 1. The third-order valence-electron chi connectivity index (χ3n) is 4.36. The molecule has 3 rings (SSSR count). The molecule has 7 nitrogen and oxygen atoms in total. The van der Waals surface area contributed by atoms with E-state index in [4.69, 9.17) is 4.42 Å². The lowest BCUT2D eigenvalue weighted by Crippen LogP contribution is -2.40. The van der Waals surface area contributed by atoms with E-state index in [0.717, 1.165) is 12.8 Å². The highest BCUT2D eigenvalue weighted by Gasteiger charge is 2.31. The van der Waals surface area contributed by atoms with Crippen LogP contribution in [0.4, 0.5) is 0 Å². The topological polar surface area (TPSA) is 93.9 Å².